The molecule has 98 valence electrons. The first-order valence-corrected chi connectivity index (χ1v) is 7.62. The predicted molar refractivity (Wildman–Crippen MR) is 76.8 cm³/mol. The Morgan fingerprint density at radius 2 is 2.39 bits per heavy atom. The van der Waals surface area contributed by atoms with E-state index in [2.05, 4.69) is 46.4 Å². The van der Waals surface area contributed by atoms with E-state index < -0.39 is 0 Å². The summed E-state index contributed by atoms with van der Waals surface area (Å²) in [5.74, 6) is 0. The van der Waals surface area contributed by atoms with Gasteiger partial charge in [0, 0.05) is 23.7 Å². The zero-order chi connectivity index (χ0) is 12.6. The molecular weight excluding hydrogens is 290 g/mol. The largest absolute Gasteiger partial charge is 0.374 e. The molecule has 3 rings (SSSR count). The van der Waals surface area contributed by atoms with Crippen molar-refractivity contribution in [1.29, 1.82) is 0 Å². The highest BCUT2D eigenvalue weighted by atomic mass is 79.9. The fourth-order valence-corrected chi connectivity index (χ4v) is 3.72. The molecule has 2 aliphatic rings. The van der Waals surface area contributed by atoms with Gasteiger partial charge >= 0.3 is 0 Å². The van der Waals surface area contributed by atoms with E-state index in [1.54, 1.807) is 0 Å². The van der Waals surface area contributed by atoms with Gasteiger partial charge in [0.25, 0.3) is 0 Å². The van der Waals surface area contributed by atoms with E-state index >= 15 is 0 Å². The van der Waals surface area contributed by atoms with Crippen molar-refractivity contribution in [2.75, 3.05) is 13.2 Å². The summed E-state index contributed by atoms with van der Waals surface area (Å²) in [5.41, 5.74) is 2.99. The van der Waals surface area contributed by atoms with Crippen LogP contribution in [0.1, 0.15) is 43.4 Å². The van der Waals surface area contributed by atoms with Crippen LogP contribution in [-0.4, -0.2) is 18.8 Å². The van der Waals surface area contributed by atoms with Crippen LogP contribution in [0.15, 0.2) is 22.7 Å². The molecule has 1 saturated heterocycles. The van der Waals surface area contributed by atoms with Crippen LogP contribution in [0.25, 0.3) is 0 Å². The van der Waals surface area contributed by atoms with Gasteiger partial charge in [0.2, 0.25) is 0 Å². The number of fused-ring (bicyclic) bond motifs is 1. The van der Waals surface area contributed by atoms with Gasteiger partial charge in [-0.25, -0.2) is 0 Å². The maximum atomic E-state index is 5.84. The summed E-state index contributed by atoms with van der Waals surface area (Å²) in [6.07, 6.45) is 4.75. The molecular formula is C15H20BrNO. The summed E-state index contributed by atoms with van der Waals surface area (Å²) in [4.78, 5) is 0. The Morgan fingerprint density at radius 1 is 1.50 bits per heavy atom. The average molecular weight is 310 g/mol. The van der Waals surface area contributed by atoms with E-state index in [9.17, 15) is 0 Å². The molecule has 2 nitrogen and oxygen atoms in total. The second-order valence-electron chi connectivity index (χ2n) is 5.68. The minimum Gasteiger partial charge on any atom is -0.374 e. The first kappa shape index (κ1) is 12.6. The fraction of sp³-hybridized carbons (Fsp3) is 0.600. The monoisotopic (exact) mass is 309 g/mol. The molecule has 1 aromatic rings. The Balaban J connectivity index is 1.68. The van der Waals surface area contributed by atoms with Gasteiger partial charge in [0.1, 0.15) is 0 Å². The Hall–Kier alpha value is -0.380. The molecule has 0 amide bonds. The lowest BCUT2D eigenvalue weighted by Crippen LogP contribution is -2.38. The molecule has 1 heterocycles. The Morgan fingerprint density at radius 3 is 3.17 bits per heavy atom. The molecule has 1 aliphatic carbocycles. The van der Waals surface area contributed by atoms with Crippen LogP contribution in [0, 0.1) is 0 Å². The van der Waals surface area contributed by atoms with Crippen molar-refractivity contribution in [3.63, 3.8) is 0 Å². The molecule has 0 aromatic heterocycles. The third kappa shape index (κ3) is 2.36. The smallest absolute Gasteiger partial charge is 0.0779 e. The molecule has 0 saturated carbocycles. The average Bonchev–Trinajstić information content (AvgIpc) is 2.95. The summed E-state index contributed by atoms with van der Waals surface area (Å²) >= 11 is 3.65. The third-order valence-electron chi connectivity index (χ3n) is 4.24. The van der Waals surface area contributed by atoms with Gasteiger partial charge in [-0.1, -0.05) is 28.1 Å². The van der Waals surface area contributed by atoms with E-state index in [0.29, 0.717) is 6.04 Å². The van der Waals surface area contributed by atoms with Crippen molar-refractivity contribution in [3.05, 3.63) is 33.8 Å². The molecule has 18 heavy (non-hydrogen) atoms. The van der Waals surface area contributed by atoms with E-state index in [0.717, 1.165) is 13.2 Å². The Kier molecular flexibility index (Phi) is 3.48. The Bertz CT molecular complexity index is 440. The quantitative estimate of drug-likeness (QED) is 0.921. The predicted octanol–water partition coefficient (Wildman–Crippen LogP) is 3.60. The SMILES string of the molecule is CC1(CNC2CCc3c(Br)cccc32)CCCO1. The third-order valence-corrected chi connectivity index (χ3v) is 4.98. The van der Waals surface area contributed by atoms with Gasteiger partial charge < -0.3 is 10.1 Å². The number of hydrogen-bond donors (Lipinski definition) is 1. The van der Waals surface area contributed by atoms with Crippen LogP contribution in [0.4, 0.5) is 0 Å². The second-order valence-corrected chi connectivity index (χ2v) is 6.54. The molecule has 1 aromatic carbocycles. The van der Waals surface area contributed by atoms with Gasteiger partial charge in [-0.2, -0.15) is 0 Å². The van der Waals surface area contributed by atoms with Gasteiger partial charge in [-0.05, 0) is 49.8 Å². The topological polar surface area (TPSA) is 21.3 Å². The van der Waals surface area contributed by atoms with Gasteiger partial charge in [0.15, 0.2) is 0 Å². The first-order chi connectivity index (χ1) is 8.68. The molecule has 2 atom stereocenters. The lowest BCUT2D eigenvalue weighted by atomic mass is 10.0. The van der Waals surface area contributed by atoms with Crippen molar-refractivity contribution in [1.82, 2.24) is 5.32 Å². The molecule has 3 heteroatoms. The van der Waals surface area contributed by atoms with E-state index in [1.807, 2.05) is 0 Å². The zero-order valence-electron chi connectivity index (χ0n) is 10.8. The zero-order valence-corrected chi connectivity index (χ0v) is 12.4. The number of rotatable bonds is 3. The van der Waals surface area contributed by atoms with E-state index in [4.69, 9.17) is 4.74 Å². The van der Waals surface area contributed by atoms with Crippen molar-refractivity contribution in [3.8, 4) is 0 Å². The van der Waals surface area contributed by atoms with Crippen LogP contribution >= 0.6 is 15.9 Å². The van der Waals surface area contributed by atoms with Crippen molar-refractivity contribution >= 4 is 15.9 Å². The van der Waals surface area contributed by atoms with Gasteiger partial charge in [-0.15, -0.1) is 0 Å². The van der Waals surface area contributed by atoms with Crippen molar-refractivity contribution in [2.45, 2.75) is 44.2 Å². The second kappa shape index (κ2) is 4.95. The van der Waals surface area contributed by atoms with Crippen LogP contribution < -0.4 is 5.32 Å². The van der Waals surface area contributed by atoms with Crippen LogP contribution in [-0.2, 0) is 11.2 Å². The van der Waals surface area contributed by atoms with Gasteiger partial charge in [-0.3, -0.25) is 0 Å². The molecule has 1 fully saturated rings. The molecule has 1 N–H and O–H groups in total. The lowest BCUT2D eigenvalue weighted by molar-refractivity contribution is 0.0187. The van der Waals surface area contributed by atoms with Crippen molar-refractivity contribution in [2.24, 2.45) is 0 Å². The molecule has 0 radical (unpaired) electrons. The van der Waals surface area contributed by atoms with Crippen LogP contribution in [0.2, 0.25) is 0 Å². The van der Waals surface area contributed by atoms with E-state index in [1.165, 1.54) is 41.3 Å². The summed E-state index contributed by atoms with van der Waals surface area (Å²) in [7, 11) is 0. The number of hydrogen-bond acceptors (Lipinski definition) is 2. The number of halogens is 1. The highest BCUT2D eigenvalue weighted by molar-refractivity contribution is 9.10. The summed E-state index contributed by atoms with van der Waals surface area (Å²) in [6, 6.07) is 7.03. The number of ether oxygens (including phenoxy) is 1. The highest BCUT2D eigenvalue weighted by Crippen LogP contribution is 2.36. The maximum absolute atomic E-state index is 5.84. The van der Waals surface area contributed by atoms with E-state index in [-0.39, 0.29) is 5.60 Å². The van der Waals surface area contributed by atoms with Crippen LogP contribution in [0.5, 0.6) is 0 Å². The fourth-order valence-electron chi connectivity index (χ4n) is 3.14. The standard InChI is InChI=1S/C15H20BrNO/c1-15(8-3-9-18-15)10-17-14-7-6-11-12(14)4-2-5-13(11)16/h2,4-5,14,17H,3,6-10H2,1H3. The minimum atomic E-state index is 0.0504. The molecule has 1 aliphatic heterocycles. The first-order valence-electron chi connectivity index (χ1n) is 6.83. The minimum absolute atomic E-state index is 0.0504. The number of nitrogens with one attached hydrogen (secondary N) is 1. The normalized spacial score (nSPS) is 30.7. The molecule has 2 unspecified atom stereocenters. The lowest BCUT2D eigenvalue weighted by Gasteiger charge is -2.26. The Labute approximate surface area is 117 Å². The van der Waals surface area contributed by atoms with Crippen LogP contribution in [0.3, 0.4) is 0 Å². The summed E-state index contributed by atoms with van der Waals surface area (Å²) in [6.45, 7) is 4.11. The molecule has 0 spiro atoms. The number of benzene rings is 1. The van der Waals surface area contributed by atoms with Crippen molar-refractivity contribution < 1.29 is 4.74 Å². The summed E-state index contributed by atoms with van der Waals surface area (Å²) in [5, 5.41) is 3.70. The van der Waals surface area contributed by atoms with Gasteiger partial charge in [0.05, 0.1) is 5.60 Å². The summed E-state index contributed by atoms with van der Waals surface area (Å²) < 4.78 is 7.10. The highest BCUT2D eigenvalue weighted by Gasteiger charge is 2.32. The maximum Gasteiger partial charge on any atom is 0.0779 e. The molecule has 0 bridgehead atoms.